The molecule has 2 rings (SSSR count). The Labute approximate surface area is 183 Å². The number of hydrogen-bond donors (Lipinski definition) is 1. The lowest BCUT2D eigenvalue weighted by Gasteiger charge is -2.32. The minimum Gasteiger partial charge on any atom is -0.347 e. The highest BCUT2D eigenvalue weighted by atomic mass is 32.2. The van der Waals surface area contributed by atoms with Crippen LogP contribution in [0.1, 0.15) is 49.4 Å². The van der Waals surface area contributed by atoms with E-state index in [1.165, 1.54) is 18.2 Å². The molecule has 2 aromatic rings. The van der Waals surface area contributed by atoms with Crippen molar-refractivity contribution in [2.75, 3.05) is 10.6 Å². The summed E-state index contributed by atoms with van der Waals surface area (Å²) in [7, 11) is -3.90. The summed E-state index contributed by atoms with van der Waals surface area (Å²) in [5.41, 5.74) is 2.43. The standard InChI is InChI=1S/C22H29N3O5S/c1-6-19(17-11-8-15(3)9-12-17)23-22(26)20(7-2)24(31(5,29)30)21-14-18(25(27)28)13-10-16(21)4/h8-14,19-20H,6-7H2,1-5H3,(H,23,26)/t19-,20+/m1/s1. The number of sulfonamides is 1. The normalized spacial score (nSPS) is 13.3. The van der Waals surface area contributed by atoms with E-state index in [0.717, 1.165) is 21.7 Å². The van der Waals surface area contributed by atoms with Crippen LogP contribution in [-0.4, -0.2) is 31.5 Å². The molecule has 0 unspecified atom stereocenters. The van der Waals surface area contributed by atoms with Crippen molar-refractivity contribution in [2.45, 2.75) is 52.6 Å². The van der Waals surface area contributed by atoms with E-state index in [0.29, 0.717) is 12.0 Å². The number of nitro benzene ring substituents is 1. The van der Waals surface area contributed by atoms with E-state index in [-0.39, 0.29) is 23.8 Å². The fraction of sp³-hybridized carbons (Fsp3) is 0.409. The van der Waals surface area contributed by atoms with Crippen molar-refractivity contribution in [1.82, 2.24) is 5.32 Å². The molecule has 0 aliphatic heterocycles. The molecule has 0 bridgehead atoms. The van der Waals surface area contributed by atoms with Crippen molar-refractivity contribution in [2.24, 2.45) is 0 Å². The van der Waals surface area contributed by atoms with Crippen LogP contribution in [0.25, 0.3) is 0 Å². The van der Waals surface area contributed by atoms with Crippen LogP contribution < -0.4 is 9.62 Å². The molecule has 0 spiro atoms. The Bertz CT molecular complexity index is 1050. The number of carbonyl (C=O) groups is 1. The number of hydrogen-bond acceptors (Lipinski definition) is 5. The van der Waals surface area contributed by atoms with Crippen molar-refractivity contribution in [3.8, 4) is 0 Å². The molecule has 2 atom stereocenters. The molecule has 0 aliphatic carbocycles. The van der Waals surface area contributed by atoms with Gasteiger partial charge in [0.15, 0.2) is 0 Å². The molecule has 9 heteroatoms. The van der Waals surface area contributed by atoms with Gasteiger partial charge in [-0.25, -0.2) is 8.42 Å². The van der Waals surface area contributed by atoms with Crippen molar-refractivity contribution < 1.29 is 18.1 Å². The SMILES string of the molecule is CC[C@@H](NC(=O)[C@H](CC)N(c1cc([N+](=O)[O-])ccc1C)S(C)(=O)=O)c1ccc(C)cc1. The predicted molar refractivity (Wildman–Crippen MR) is 122 cm³/mol. The number of non-ortho nitro benzene ring substituents is 1. The first kappa shape index (κ1) is 24.3. The van der Waals surface area contributed by atoms with E-state index < -0.39 is 26.9 Å². The van der Waals surface area contributed by atoms with E-state index in [4.69, 9.17) is 0 Å². The molecule has 0 heterocycles. The zero-order valence-electron chi connectivity index (χ0n) is 18.5. The number of nitrogens with zero attached hydrogens (tertiary/aromatic N) is 2. The van der Waals surface area contributed by atoms with Crippen LogP contribution in [0, 0.1) is 24.0 Å². The van der Waals surface area contributed by atoms with Crippen LogP contribution in [0.5, 0.6) is 0 Å². The summed E-state index contributed by atoms with van der Waals surface area (Å²) in [5.74, 6) is -0.453. The van der Waals surface area contributed by atoms with Gasteiger partial charge in [0.1, 0.15) is 6.04 Å². The van der Waals surface area contributed by atoms with Crippen molar-refractivity contribution in [3.05, 3.63) is 69.3 Å². The summed E-state index contributed by atoms with van der Waals surface area (Å²) in [6.07, 6.45) is 1.82. The summed E-state index contributed by atoms with van der Waals surface area (Å²) >= 11 is 0. The van der Waals surface area contributed by atoms with E-state index >= 15 is 0 Å². The van der Waals surface area contributed by atoms with Crippen LogP contribution in [0.3, 0.4) is 0 Å². The molecule has 168 valence electrons. The second-order valence-electron chi connectivity index (χ2n) is 7.59. The fourth-order valence-electron chi connectivity index (χ4n) is 3.47. The number of aryl methyl sites for hydroxylation is 2. The average Bonchev–Trinajstić information content (AvgIpc) is 2.70. The third-order valence-electron chi connectivity index (χ3n) is 5.18. The Morgan fingerprint density at radius 3 is 2.19 bits per heavy atom. The van der Waals surface area contributed by atoms with Gasteiger partial charge in [-0.05, 0) is 37.8 Å². The Hall–Kier alpha value is -2.94. The highest BCUT2D eigenvalue weighted by Gasteiger charge is 2.34. The quantitative estimate of drug-likeness (QED) is 0.461. The maximum Gasteiger partial charge on any atom is 0.271 e. The van der Waals surface area contributed by atoms with Gasteiger partial charge < -0.3 is 5.32 Å². The maximum absolute atomic E-state index is 13.2. The summed E-state index contributed by atoms with van der Waals surface area (Å²) < 4.78 is 26.4. The molecule has 0 aromatic heterocycles. The van der Waals surface area contributed by atoms with Crippen molar-refractivity contribution in [1.29, 1.82) is 0 Å². The Kier molecular flexibility index (Phi) is 7.78. The van der Waals surface area contributed by atoms with E-state index in [1.54, 1.807) is 13.8 Å². The average molecular weight is 448 g/mol. The third-order valence-corrected chi connectivity index (χ3v) is 6.34. The van der Waals surface area contributed by atoms with Crippen LogP contribution in [0.4, 0.5) is 11.4 Å². The zero-order chi connectivity index (χ0) is 23.3. The lowest BCUT2D eigenvalue weighted by atomic mass is 10.0. The Balaban J connectivity index is 2.45. The highest BCUT2D eigenvalue weighted by Crippen LogP contribution is 2.30. The molecule has 1 amide bonds. The first-order chi connectivity index (χ1) is 14.5. The van der Waals surface area contributed by atoms with Gasteiger partial charge in [0.2, 0.25) is 15.9 Å². The first-order valence-corrected chi connectivity index (χ1v) is 12.0. The molecular weight excluding hydrogens is 418 g/mol. The lowest BCUT2D eigenvalue weighted by molar-refractivity contribution is -0.384. The second kappa shape index (κ2) is 9.91. The summed E-state index contributed by atoms with van der Waals surface area (Å²) in [6, 6.07) is 10.4. The highest BCUT2D eigenvalue weighted by molar-refractivity contribution is 7.92. The second-order valence-corrected chi connectivity index (χ2v) is 9.45. The topological polar surface area (TPSA) is 110 Å². The molecule has 8 nitrogen and oxygen atoms in total. The first-order valence-electron chi connectivity index (χ1n) is 10.1. The molecule has 0 aliphatic rings. The van der Waals surface area contributed by atoms with Gasteiger partial charge in [0.25, 0.3) is 5.69 Å². The number of nitrogens with one attached hydrogen (secondary N) is 1. The Morgan fingerprint density at radius 2 is 1.71 bits per heavy atom. The van der Waals surface area contributed by atoms with Gasteiger partial charge in [-0.3, -0.25) is 19.2 Å². The molecule has 31 heavy (non-hydrogen) atoms. The minimum absolute atomic E-state index is 0.127. The van der Waals surface area contributed by atoms with Crippen LogP contribution >= 0.6 is 0 Å². The number of carbonyl (C=O) groups excluding carboxylic acids is 1. The molecule has 0 fully saturated rings. The van der Waals surface area contributed by atoms with Crippen molar-refractivity contribution in [3.63, 3.8) is 0 Å². The van der Waals surface area contributed by atoms with Gasteiger partial charge in [0.05, 0.1) is 22.9 Å². The third kappa shape index (κ3) is 5.81. The lowest BCUT2D eigenvalue weighted by Crippen LogP contribution is -2.50. The largest absolute Gasteiger partial charge is 0.347 e. The van der Waals surface area contributed by atoms with E-state index in [9.17, 15) is 23.3 Å². The van der Waals surface area contributed by atoms with Gasteiger partial charge in [-0.2, -0.15) is 0 Å². The number of benzene rings is 2. The Morgan fingerprint density at radius 1 is 1.10 bits per heavy atom. The summed E-state index contributed by atoms with van der Waals surface area (Å²) in [4.78, 5) is 23.9. The van der Waals surface area contributed by atoms with Gasteiger partial charge in [-0.15, -0.1) is 0 Å². The van der Waals surface area contributed by atoms with Crippen LogP contribution in [-0.2, 0) is 14.8 Å². The molecule has 1 N–H and O–H groups in total. The monoisotopic (exact) mass is 447 g/mol. The number of rotatable bonds is 9. The smallest absolute Gasteiger partial charge is 0.271 e. The fourth-order valence-corrected chi connectivity index (χ4v) is 4.73. The maximum atomic E-state index is 13.2. The summed E-state index contributed by atoms with van der Waals surface area (Å²) in [5, 5.41) is 14.2. The molecule has 0 saturated carbocycles. The summed E-state index contributed by atoms with van der Waals surface area (Å²) in [6.45, 7) is 7.28. The van der Waals surface area contributed by atoms with Crippen LogP contribution in [0.15, 0.2) is 42.5 Å². The molecule has 0 saturated heterocycles. The van der Waals surface area contributed by atoms with Crippen LogP contribution in [0.2, 0.25) is 0 Å². The number of anilines is 1. The minimum atomic E-state index is -3.90. The van der Waals surface area contributed by atoms with E-state index in [2.05, 4.69) is 5.32 Å². The van der Waals surface area contributed by atoms with Gasteiger partial charge in [0, 0.05) is 12.1 Å². The molecule has 2 aromatic carbocycles. The number of nitro groups is 1. The number of amides is 1. The van der Waals surface area contributed by atoms with Gasteiger partial charge >= 0.3 is 0 Å². The molecule has 0 radical (unpaired) electrons. The molecular formula is C22H29N3O5S. The van der Waals surface area contributed by atoms with E-state index in [1.807, 2.05) is 38.1 Å². The van der Waals surface area contributed by atoms with Gasteiger partial charge in [-0.1, -0.05) is 49.7 Å². The predicted octanol–water partition coefficient (Wildman–Crippen LogP) is 4.02. The zero-order valence-corrected chi connectivity index (χ0v) is 19.3. The van der Waals surface area contributed by atoms with Crippen molar-refractivity contribution >= 4 is 27.3 Å².